The van der Waals surface area contributed by atoms with Crippen LogP contribution in [0.15, 0.2) is 59.4 Å². The van der Waals surface area contributed by atoms with Crippen LogP contribution in [-0.4, -0.2) is 33.5 Å². The van der Waals surface area contributed by atoms with E-state index in [0.29, 0.717) is 23.0 Å². The normalized spacial score (nSPS) is 11.6. The molecule has 0 aliphatic heterocycles. The van der Waals surface area contributed by atoms with Crippen molar-refractivity contribution >= 4 is 17.5 Å². The highest BCUT2D eigenvalue weighted by Crippen LogP contribution is 2.23. The summed E-state index contributed by atoms with van der Waals surface area (Å²) in [5.74, 6) is 0.164. The van der Waals surface area contributed by atoms with Gasteiger partial charge in [-0.2, -0.15) is 10.2 Å². The van der Waals surface area contributed by atoms with Gasteiger partial charge in [0, 0.05) is 43.0 Å². The molecule has 2 aromatic heterocycles. The summed E-state index contributed by atoms with van der Waals surface area (Å²) >= 11 is 0. The molecule has 1 aromatic carbocycles. The van der Waals surface area contributed by atoms with Crippen LogP contribution < -0.4 is 10.2 Å². The van der Waals surface area contributed by atoms with E-state index in [-0.39, 0.29) is 43.5 Å². The second kappa shape index (κ2) is 11.5. The SMILES string of the molecule is CC(C)C(NC(=O)CCC(=O)N(CCC#N)c1ccccc1)c1nc(-c2cccnc2)no1. The van der Waals surface area contributed by atoms with E-state index in [4.69, 9.17) is 9.78 Å². The Morgan fingerprint density at radius 2 is 1.94 bits per heavy atom. The molecule has 0 saturated carbocycles. The number of para-hydroxylation sites is 1. The number of nitrogens with zero attached hydrogens (tertiary/aromatic N) is 5. The van der Waals surface area contributed by atoms with Gasteiger partial charge in [-0.1, -0.05) is 37.2 Å². The van der Waals surface area contributed by atoms with Crippen LogP contribution in [0.1, 0.15) is 45.0 Å². The van der Waals surface area contributed by atoms with Gasteiger partial charge in [-0.05, 0) is 30.2 Å². The summed E-state index contributed by atoms with van der Waals surface area (Å²) in [6.45, 7) is 4.14. The first-order chi connectivity index (χ1) is 16.0. The van der Waals surface area contributed by atoms with Gasteiger partial charge in [0.25, 0.3) is 0 Å². The molecule has 0 aliphatic rings. The number of carbonyl (C=O) groups is 2. The zero-order valence-corrected chi connectivity index (χ0v) is 18.6. The second-order valence-corrected chi connectivity index (χ2v) is 7.78. The number of benzene rings is 1. The molecule has 0 saturated heterocycles. The van der Waals surface area contributed by atoms with Crippen molar-refractivity contribution in [1.82, 2.24) is 20.4 Å². The summed E-state index contributed by atoms with van der Waals surface area (Å²) in [6, 6.07) is 14.3. The molecule has 3 aromatic rings. The third-order valence-electron chi connectivity index (χ3n) is 4.99. The fraction of sp³-hybridized carbons (Fsp3) is 0.333. The van der Waals surface area contributed by atoms with E-state index in [1.807, 2.05) is 38.1 Å². The maximum absolute atomic E-state index is 12.8. The summed E-state index contributed by atoms with van der Waals surface area (Å²) in [7, 11) is 0. The minimum atomic E-state index is -0.491. The van der Waals surface area contributed by atoms with Crippen LogP contribution in [0.25, 0.3) is 11.4 Å². The van der Waals surface area contributed by atoms with Crippen molar-refractivity contribution in [3.63, 3.8) is 0 Å². The summed E-state index contributed by atoms with van der Waals surface area (Å²) < 4.78 is 5.40. The standard InChI is InChI=1S/C24H26N6O3/c1-17(2)22(24-28-23(29-33-24)18-8-6-14-26-16-18)27-20(31)11-12-21(32)30(15-7-13-25)19-9-4-3-5-10-19/h3-6,8-10,14,16-17,22H,7,11-12,15H2,1-2H3,(H,27,31). The van der Waals surface area contributed by atoms with Crippen LogP contribution in [0.5, 0.6) is 0 Å². The summed E-state index contributed by atoms with van der Waals surface area (Å²) in [5, 5.41) is 15.8. The quantitative estimate of drug-likeness (QED) is 0.504. The summed E-state index contributed by atoms with van der Waals surface area (Å²) in [5.41, 5.74) is 1.41. The first-order valence-corrected chi connectivity index (χ1v) is 10.7. The molecule has 0 aliphatic carbocycles. The van der Waals surface area contributed by atoms with E-state index in [1.54, 1.807) is 30.6 Å². The maximum atomic E-state index is 12.8. The van der Waals surface area contributed by atoms with Gasteiger partial charge in [0.05, 0.1) is 12.5 Å². The van der Waals surface area contributed by atoms with Gasteiger partial charge in [0.1, 0.15) is 6.04 Å². The van der Waals surface area contributed by atoms with Crippen LogP contribution in [0.4, 0.5) is 5.69 Å². The van der Waals surface area contributed by atoms with Crippen molar-refractivity contribution in [3.8, 4) is 17.5 Å². The lowest BCUT2D eigenvalue weighted by Gasteiger charge is -2.22. The maximum Gasteiger partial charge on any atom is 0.249 e. The lowest BCUT2D eigenvalue weighted by Crippen LogP contribution is -2.35. The van der Waals surface area contributed by atoms with Gasteiger partial charge in [0.15, 0.2) is 0 Å². The van der Waals surface area contributed by atoms with Crippen molar-refractivity contribution in [2.24, 2.45) is 5.92 Å². The third kappa shape index (κ3) is 6.46. The molecule has 1 atom stereocenters. The largest absolute Gasteiger partial charge is 0.344 e. The van der Waals surface area contributed by atoms with Crippen LogP contribution in [0.2, 0.25) is 0 Å². The third-order valence-corrected chi connectivity index (χ3v) is 4.99. The zero-order valence-electron chi connectivity index (χ0n) is 18.6. The van der Waals surface area contributed by atoms with Gasteiger partial charge in [-0.3, -0.25) is 14.6 Å². The lowest BCUT2D eigenvalue weighted by atomic mass is 10.0. The Kier molecular flexibility index (Phi) is 8.24. The van der Waals surface area contributed by atoms with Crippen molar-refractivity contribution in [2.45, 2.75) is 39.2 Å². The number of pyridine rings is 1. The predicted molar refractivity (Wildman–Crippen MR) is 122 cm³/mol. The van der Waals surface area contributed by atoms with Crippen molar-refractivity contribution < 1.29 is 14.1 Å². The predicted octanol–water partition coefficient (Wildman–Crippen LogP) is 3.67. The zero-order chi connectivity index (χ0) is 23.6. The monoisotopic (exact) mass is 446 g/mol. The van der Waals surface area contributed by atoms with Gasteiger partial charge in [-0.25, -0.2) is 0 Å². The second-order valence-electron chi connectivity index (χ2n) is 7.78. The van der Waals surface area contributed by atoms with Crippen LogP contribution >= 0.6 is 0 Å². The van der Waals surface area contributed by atoms with Crippen LogP contribution in [0.3, 0.4) is 0 Å². The van der Waals surface area contributed by atoms with Gasteiger partial charge in [-0.15, -0.1) is 0 Å². The van der Waals surface area contributed by atoms with Gasteiger partial charge >= 0.3 is 0 Å². The van der Waals surface area contributed by atoms with E-state index in [9.17, 15) is 9.59 Å². The molecule has 9 nitrogen and oxygen atoms in total. The lowest BCUT2D eigenvalue weighted by molar-refractivity contribution is -0.126. The first-order valence-electron chi connectivity index (χ1n) is 10.7. The smallest absolute Gasteiger partial charge is 0.249 e. The summed E-state index contributed by atoms with van der Waals surface area (Å²) in [6.07, 6.45) is 3.51. The first kappa shape index (κ1) is 23.6. The van der Waals surface area contributed by atoms with Crippen molar-refractivity contribution in [3.05, 3.63) is 60.7 Å². The number of hydrogen-bond acceptors (Lipinski definition) is 7. The molecular weight excluding hydrogens is 420 g/mol. The number of hydrogen-bond donors (Lipinski definition) is 1. The molecule has 3 rings (SSSR count). The fourth-order valence-corrected chi connectivity index (χ4v) is 3.26. The Labute approximate surface area is 192 Å². The van der Waals surface area contributed by atoms with Crippen molar-refractivity contribution in [1.29, 1.82) is 5.26 Å². The Morgan fingerprint density at radius 1 is 1.15 bits per heavy atom. The molecule has 0 bridgehead atoms. The molecule has 0 spiro atoms. The Morgan fingerprint density at radius 3 is 2.61 bits per heavy atom. The Bertz CT molecular complexity index is 1090. The van der Waals surface area contributed by atoms with Gasteiger partial charge < -0.3 is 14.7 Å². The molecule has 170 valence electrons. The van der Waals surface area contributed by atoms with Gasteiger partial charge in [0.2, 0.25) is 23.5 Å². The van der Waals surface area contributed by atoms with E-state index >= 15 is 0 Å². The number of nitriles is 1. The Balaban J connectivity index is 1.62. The number of rotatable bonds is 10. The van der Waals surface area contributed by atoms with E-state index < -0.39 is 6.04 Å². The number of anilines is 1. The molecule has 0 fully saturated rings. The molecule has 0 radical (unpaired) electrons. The van der Waals surface area contributed by atoms with E-state index in [0.717, 1.165) is 0 Å². The van der Waals surface area contributed by atoms with Crippen LogP contribution in [-0.2, 0) is 9.59 Å². The van der Waals surface area contributed by atoms with Crippen LogP contribution in [0, 0.1) is 17.2 Å². The van der Waals surface area contributed by atoms with E-state index in [1.165, 1.54) is 4.90 Å². The minimum Gasteiger partial charge on any atom is -0.344 e. The molecule has 1 unspecified atom stereocenters. The molecular formula is C24H26N6O3. The number of amides is 2. The average Bonchev–Trinajstić information content (AvgIpc) is 3.32. The number of aromatic nitrogens is 3. The highest BCUT2D eigenvalue weighted by Gasteiger charge is 2.25. The topological polar surface area (TPSA) is 125 Å². The summed E-state index contributed by atoms with van der Waals surface area (Å²) in [4.78, 5) is 35.4. The minimum absolute atomic E-state index is 0.00153. The highest BCUT2D eigenvalue weighted by atomic mass is 16.5. The molecule has 2 amide bonds. The Hall–Kier alpha value is -4.06. The number of carbonyl (C=O) groups excluding carboxylic acids is 2. The fourth-order valence-electron chi connectivity index (χ4n) is 3.26. The number of nitrogens with one attached hydrogen (secondary N) is 1. The molecule has 9 heteroatoms. The average molecular weight is 447 g/mol. The molecule has 2 heterocycles. The van der Waals surface area contributed by atoms with E-state index in [2.05, 4.69) is 26.5 Å². The van der Waals surface area contributed by atoms with Crippen molar-refractivity contribution in [2.75, 3.05) is 11.4 Å². The molecule has 33 heavy (non-hydrogen) atoms. The highest BCUT2D eigenvalue weighted by molar-refractivity contribution is 5.95. The molecule has 1 N–H and O–H groups in total.